The summed E-state index contributed by atoms with van der Waals surface area (Å²) >= 11 is 0. The first-order valence-electron chi connectivity index (χ1n) is 12.8. The van der Waals surface area contributed by atoms with E-state index >= 15 is 0 Å². The molecule has 0 fully saturated rings. The van der Waals surface area contributed by atoms with Crippen LogP contribution in [0.15, 0.2) is 88.0 Å². The molecule has 0 atom stereocenters. The van der Waals surface area contributed by atoms with Gasteiger partial charge in [0.05, 0.1) is 24.6 Å². The number of rotatable bonds is 12. The number of benzene rings is 2. The molecule has 9 heteroatoms. The Balaban J connectivity index is 1.29. The third-order valence-corrected chi connectivity index (χ3v) is 6.12. The van der Waals surface area contributed by atoms with Gasteiger partial charge in [0, 0.05) is 12.6 Å². The molecule has 5 aromatic rings. The summed E-state index contributed by atoms with van der Waals surface area (Å²) in [4.78, 5) is 16.4. The van der Waals surface area contributed by atoms with E-state index in [0.29, 0.717) is 52.5 Å². The van der Waals surface area contributed by atoms with Crippen LogP contribution in [-0.4, -0.2) is 27.7 Å². The molecule has 40 heavy (non-hydrogen) atoms. The number of allylic oxidation sites excluding steroid dienone is 1. The predicted molar refractivity (Wildman–Crippen MR) is 148 cm³/mol. The van der Waals surface area contributed by atoms with Crippen molar-refractivity contribution in [1.82, 2.24) is 14.8 Å². The molecule has 2 aromatic carbocycles. The zero-order valence-corrected chi connectivity index (χ0v) is 22.5. The minimum atomic E-state index is 0.0248. The molecular formula is C31H29N3O6. The lowest BCUT2D eigenvalue weighted by molar-refractivity contribution is -0.114. The maximum atomic E-state index is 11.9. The maximum Gasteiger partial charge on any atom is 0.263 e. The van der Waals surface area contributed by atoms with E-state index in [4.69, 9.17) is 23.0 Å². The van der Waals surface area contributed by atoms with Crippen LogP contribution in [0.4, 0.5) is 0 Å². The molecule has 0 saturated heterocycles. The van der Waals surface area contributed by atoms with Crippen LogP contribution in [0.25, 0.3) is 23.4 Å². The number of nitrogens with zero attached hydrogens (tertiary/aromatic N) is 3. The Kier molecular flexibility index (Phi) is 8.10. The largest absolute Gasteiger partial charge is 0.493 e. The first-order chi connectivity index (χ1) is 19.5. The maximum absolute atomic E-state index is 11.9. The summed E-state index contributed by atoms with van der Waals surface area (Å²) in [6.45, 7) is 4.09. The van der Waals surface area contributed by atoms with E-state index in [1.165, 1.54) is 0 Å². The number of hydrogen-bond donors (Lipinski definition) is 0. The lowest BCUT2D eigenvalue weighted by Gasteiger charge is -2.12. The number of hydrogen-bond acceptors (Lipinski definition) is 8. The molecule has 0 aliphatic heterocycles. The van der Waals surface area contributed by atoms with Crippen LogP contribution in [0.2, 0.25) is 0 Å². The Labute approximate surface area is 231 Å². The summed E-state index contributed by atoms with van der Waals surface area (Å²) in [7, 11) is 1.58. The van der Waals surface area contributed by atoms with Gasteiger partial charge in [0.25, 0.3) is 5.89 Å². The van der Waals surface area contributed by atoms with E-state index in [1.54, 1.807) is 42.3 Å². The molecule has 204 valence electrons. The van der Waals surface area contributed by atoms with E-state index in [1.807, 2.05) is 68.6 Å². The summed E-state index contributed by atoms with van der Waals surface area (Å²) in [5, 5.41) is 4.60. The van der Waals surface area contributed by atoms with Crippen LogP contribution >= 0.6 is 0 Å². The van der Waals surface area contributed by atoms with Crippen LogP contribution in [0, 0.1) is 6.92 Å². The number of para-hydroxylation sites is 1. The van der Waals surface area contributed by atoms with E-state index in [9.17, 15) is 4.79 Å². The Hall–Kier alpha value is -5.05. The second kappa shape index (κ2) is 12.2. The number of aromatic nitrogens is 3. The topological polar surface area (TPSA) is 102 Å². The summed E-state index contributed by atoms with van der Waals surface area (Å²) in [5.74, 6) is 3.16. The van der Waals surface area contributed by atoms with E-state index in [-0.39, 0.29) is 19.0 Å². The van der Waals surface area contributed by atoms with Gasteiger partial charge in [-0.3, -0.25) is 4.79 Å². The first kappa shape index (κ1) is 26.6. The number of carbonyl (C=O) groups is 1. The number of furan rings is 1. The van der Waals surface area contributed by atoms with Crippen molar-refractivity contribution in [3.05, 3.63) is 102 Å². The van der Waals surface area contributed by atoms with Crippen molar-refractivity contribution in [2.45, 2.75) is 33.5 Å². The summed E-state index contributed by atoms with van der Waals surface area (Å²) in [5.41, 5.74) is 3.11. The molecule has 0 unspecified atom stereocenters. The zero-order chi connectivity index (χ0) is 27.9. The zero-order valence-electron chi connectivity index (χ0n) is 22.5. The molecule has 0 radical (unpaired) electrons. The second-order valence-corrected chi connectivity index (χ2v) is 8.88. The minimum Gasteiger partial charge on any atom is -0.493 e. The molecule has 9 nitrogen and oxygen atoms in total. The average molecular weight is 540 g/mol. The van der Waals surface area contributed by atoms with Gasteiger partial charge in [-0.15, -0.1) is 5.10 Å². The highest BCUT2D eigenvalue weighted by atomic mass is 16.5. The third kappa shape index (κ3) is 6.15. The molecule has 5 rings (SSSR count). The van der Waals surface area contributed by atoms with Crippen molar-refractivity contribution in [2.75, 3.05) is 7.11 Å². The van der Waals surface area contributed by atoms with Gasteiger partial charge in [0.15, 0.2) is 23.0 Å². The summed E-state index contributed by atoms with van der Waals surface area (Å²) in [6.07, 6.45) is 7.11. The van der Waals surface area contributed by atoms with Gasteiger partial charge >= 0.3 is 0 Å². The number of aryl methyl sites for hydroxylation is 1. The standard InChI is InChI=1S/C31H29N3O6/c1-4-25(35)14-13-23-18-34(24-9-6-5-7-10-24)33-30(23)39-19-22-12-15-27(29(17-22)36-3)38-20-26-21(2)40-31(32-26)28-11-8-16-37-28/h5-18H,4,19-20H2,1-3H3. The first-order valence-corrected chi connectivity index (χ1v) is 12.8. The minimum absolute atomic E-state index is 0.0248. The van der Waals surface area contributed by atoms with Crippen LogP contribution in [0.1, 0.15) is 35.9 Å². The normalized spacial score (nSPS) is 11.2. The fourth-order valence-corrected chi connectivity index (χ4v) is 3.90. The van der Waals surface area contributed by atoms with Gasteiger partial charge in [-0.2, -0.15) is 0 Å². The smallest absolute Gasteiger partial charge is 0.263 e. The fourth-order valence-electron chi connectivity index (χ4n) is 3.90. The van der Waals surface area contributed by atoms with Crippen molar-refractivity contribution >= 4 is 11.9 Å². The quantitative estimate of drug-likeness (QED) is 0.164. The SMILES string of the molecule is CCC(=O)C=Cc1cn(-c2ccccc2)nc1OCc1ccc(OCc2nc(-c3ccco3)oc2C)c(OC)c1. The van der Waals surface area contributed by atoms with Gasteiger partial charge in [0.2, 0.25) is 5.88 Å². The number of carbonyl (C=O) groups excluding carboxylic acids is 1. The third-order valence-electron chi connectivity index (χ3n) is 6.12. The molecule has 0 aliphatic carbocycles. The van der Waals surface area contributed by atoms with Gasteiger partial charge in [-0.05, 0) is 61.0 Å². The monoisotopic (exact) mass is 539 g/mol. The van der Waals surface area contributed by atoms with Gasteiger partial charge in [-0.25, -0.2) is 9.67 Å². The summed E-state index contributed by atoms with van der Waals surface area (Å²) < 4.78 is 30.5. The molecule has 0 N–H and O–H groups in total. The van der Waals surface area contributed by atoms with Crippen molar-refractivity contribution in [3.63, 3.8) is 0 Å². The lowest BCUT2D eigenvalue weighted by Crippen LogP contribution is -2.02. The second-order valence-electron chi connectivity index (χ2n) is 8.88. The van der Waals surface area contributed by atoms with Crippen LogP contribution in [0.3, 0.4) is 0 Å². The molecule has 0 aliphatic rings. The van der Waals surface area contributed by atoms with Gasteiger partial charge < -0.3 is 23.0 Å². The lowest BCUT2D eigenvalue weighted by atomic mass is 10.2. The van der Waals surface area contributed by atoms with Crippen LogP contribution in [-0.2, 0) is 18.0 Å². The Morgan fingerprint density at radius 1 is 1.02 bits per heavy atom. The Bertz CT molecular complexity index is 1600. The van der Waals surface area contributed by atoms with Crippen LogP contribution < -0.4 is 14.2 Å². The molecule has 3 heterocycles. The number of oxazole rings is 1. The van der Waals surface area contributed by atoms with E-state index < -0.39 is 0 Å². The highest BCUT2D eigenvalue weighted by Gasteiger charge is 2.16. The molecule has 0 spiro atoms. The molecular weight excluding hydrogens is 510 g/mol. The van der Waals surface area contributed by atoms with Gasteiger partial charge in [0.1, 0.15) is 24.7 Å². The highest BCUT2D eigenvalue weighted by molar-refractivity contribution is 5.93. The van der Waals surface area contributed by atoms with Gasteiger partial charge in [-0.1, -0.05) is 31.2 Å². The van der Waals surface area contributed by atoms with Crippen molar-refractivity contribution in [1.29, 1.82) is 0 Å². The Morgan fingerprint density at radius 2 is 1.88 bits per heavy atom. The number of ketones is 1. The summed E-state index contributed by atoms with van der Waals surface area (Å²) in [6, 6.07) is 18.8. The predicted octanol–water partition coefficient (Wildman–Crippen LogP) is 6.59. The van der Waals surface area contributed by atoms with E-state index in [0.717, 1.165) is 11.3 Å². The highest BCUT2D eigenvalue weighted by Crippen LogP contribution is 2.31. The van der Waals surface area contributed by atoms with Crippen molar-refractivity contribution in [3.8, 4) is 34.7 Å². The van der Waals surface area contributed by atoms with E-state index in [2.05, 4.69) is 10.1 Å². The number of methoxy groups -OCH3 is 1. The molecule has 0 saturated carbocycles. The molecule has 0 amide bonds. The molecule has 0 bridgehead atoms. The van der Waals surface area contributed by atoms with Crippen molar-refractivity contribution in [2.24, 2.45) is 0 Å². The Morgan fingerprint density at radius 3 is 2.62 bits per heavy atom. The molecule has 3 aromatic heterocycles. The van der Waals surface area contributed by atoms with Crippen LogP contribution in [0.5, 0.6) is 17.4 Å². The fraction of sp³-hybridized carbons (Fsp3) is 0.194. The average Bonchev–Trinajstić information content (AvgIpc) is 3.74. The van der Waals surface area contributed by atoms with Crippen molar-refractivity contribution < 1.29 is 27.8 Å². The number of ether oxygens (including phenoxy) is 3.